The van der Waals surface area contributed by atoms with Crippen LogP contribution < -0.4 is 4.74 Å². The topological polar surface area (TPSA) is 78.5 Å². The number of amides is 2. The quantitative estimate of drug-likeness (QED) is 0.880. The molecular formula is C21H26N4O3. The number of carbonyl (C=O) groups excluding carboxylic acids is 2. The fourth-order valence-corrected chi connectivity index (χ4v) is 4.08. The van der Waals surface area contributed by atoms with Gasteiger partial charge in [0.05, 0.1) is 37.9 Å². The molecule has 0 bridgehead atoms. The number of methoxy groups -OCH3 is 1. The van der Waals surface area contributed by atoms with Gasteiger partial charge in [0.2, 0.25) is 11.8 Å². The van der Waals surface area contributed by atoms with E-state index in [-0.39, 0.29) is 24.3 Å². The van der Waals surface area contributed by atoms with Crippen LogP contribution in [0.5, 0.6) is 5.75 Å². The Morgan fingerprint density at radius 1 is 1.25 bits per heavy atom. The smallest absolute Gasteiger partial charge is 0.242 e. The van der Waals surface area contributed by atoms with Gasteiger partial charge in [0.25, 0.3) is 0 Å². The second-order valence-electron chi connectivity index (χ2n) is 7.49. The number of imidazole rings is 1. The molecule has 0 radical (unpaired) electrons. The Balaban J connectivity index is 1.52. The van der Waals surface area contributed by atoms with Gasteiger partial charge in [0.1, 0.15) is 5.75 Å². The second kappa shape index (κ2) is 8.04. The lowest BCUT2D eigenvalue weighted by molar-refractivity contribution is -0.140. The minimum absolute atomic E-state index is 0.00434. The van der Waals surface area contributed by atoms with Gasteiger partial charge >= 0.3 is 0 Å². The number of carbonyl (C=O) groups is 2. The molecule has 3 heterocycles. The molecule has 1 saturated heterocycles. The molecule has 28 heavy (non-hydrogen) atoms. The van der Waals surface area contributed by atoms with Crippen LogP contribution in [0.2, 0.25) is 0 Å². The second-order valence-corrected chi connectivity index (χ2v) is 7.49. The summed E-state index contributed by atoms with van der Waals surface area (Å²) >= 11 is 0. The van der Waals surface area contributed by atoms with Gasteiger partial charge in [-0.3, -0.25) is 9.59 Å². The van der Waals surface area contributed by atoms with Crippen LogP contribution in [0.1, 0.15) is 48.6 Å². The summed E-state index contributed by atoms with van der Waals surface area (Å²) in [6, 6.07) is 7.90. The monoisotopic (exact) mass is 382 g/mol. The minimum Gasteiger partial charge on any atom is -0.497 e. The number of hydrogen-bond acceptors (Lipinski definition) is 4. The molecule has 2 amide bonds. The summed E-state index contributed by atoms with van der Waals surface area (Å²) < 4.78 is 5.25. The largest absolute Gasteiger partial charge is 0.497 e. The Morgan fingerprint density at radius 3 is 2.86 bits per heavy atom. The van der Waals surface area contributed by atoms with Crippen LogP contribution in [0.15, 0.2) is 30.6 Å². The first-order valence-electron chi connectivity index (χ1n) is 9.87. The molecule has 1 fully saturated rings. The maximum Gasteiger partial charge on any atom is 0.242 e. The number of hydrogen-bond donors (Lipinski definition) is 1. The number of aromatic amines is 1. The molecular weight excluding hydrogens is 356 g/mol. The fourth-order valence-electron chi connectivity index (χ4n) is 4.08. The van der Waals surface area contributed by atoms with Gasteiger partial charge in [-0.15, -0.1) is 0 Å². The van der Waals surface area contributed by atoms with Gasteiger partial charge in [-0.1, -0.05) is 18.6 Å². The van der Waals surface area contributed by atoms with Crippen molar-refractivity contribution in [2.75, 3.05) is 26.7 Å². The molecule has 1 N–H and O–H groups in total. The van der Waals surface area contributed by atoms with E-state index in [1.165, 1.54) is 0 Å². The zero-order chi connectivity index (χ0) is 19.5. The van der Waals surface area contributed by atoms with Crippen molar-refractivity contribution in [2.24, 2.45) is 0 Å². The highest BCUT2D eigenvalue weighted by Crippen LogP contribution is 2.32. The van der Waals surface area contributed by atoms with Crippen LogP contribution in [0.4, 0.5) is 0 Å². The molecule has 4 rings (SSSR count). The van der Waals surface area contributed by atoms with E-state index in [2.05, 4.69) is 9.97 Å². The Kier molecular flexibility index (Phi) is 5.32. The number of nitrogens with zero attached hydrogens (tertiary/aromatic N) is 3. The van der Waals surface area contributed by atoms with Crippen molar-refractivity contribution < 1.29 is 14.3 Å². The molecule has 2 aliphatic heterocycles. The lowest BCUT2D eigenvalue weighted by atomic mass is 9.91. The number of fused-ring (bicyclic) bond motifs is 1. The first-order valence-corrected chi connectivity index (χ1v) is 9.87. The average Bonchev–Trinajstić information content (AvgIpc) is 3.11. The van der Waals surface area contributed by atoms with Gasteiger partial charge in [0.15, 0.2) is 0 Å². The molecule has 0 aliphatic carbocycles. The first-order chi connectivity index (χ1) is 13.7. The Bertz CT molecular complexity index is 846. The molecule has 0 spiro atoms. The van der Waals surface area contributed by atoms with E-state index < -0.39 is 0 Å². The Labute approximate surface area is 164 Å². The van der Waals surface area contributed by atoms with Gasteiger partial charge in [-0.2, -0.15) is 0 Å². The number of likely N-dealkylation sites (tertiary alicyclic amines) is 1. The predicted octanol–water partition coefficient (Wildman–Crippen LogP) is 2.29. The van der Waals surface area contributed by atoms with Crippen LogP contribution in [-0.4, -0.2) is 58.3 Å². The Hall–Kier alpha value is -2.83. The lowest BCUT2D eigenvalue weighted by Crippen LogP contribution is -2.45. The maximum atomic E-state index is 13.0. The number of ether oxygens (including phenoxy) is 1. The molecule has 7 nitrogen and oxygen atoms in total. The average molecular weight is 382 g/mol. The summed E-state index contributed by atoms with van der Waals surface area (Å²) in [5.74, 6) is 0.893. The third-order valence-corrected chi connectivity index (χ3v) is 5.70. The van der Waals surface area contributed by atoms with E-state index in [0.717, 1.165) is 42.0 Å². The van der Waals surface area contributed by atoms with Crippen LogP contribution in [0.3, 0.4) is 0 Å². The van der Waals surface area contributed by atoms with Crippen molar-refractivity contribution in [3.8, 4) is 5.75 Å². The summed E-state index contributed by atoms with van der Waals surface area (Å²) in [5, 5.41) is 0. The molecule has 0 saturated carbocycles. The highest BCUT2D eigenvalue weighted by atomic mass is 16.5. The number of benzene rings is 1. The third kappa shape index (κ3) is 3.74. The maximum absolute atomic E-state index is 13.0. The fraction of sp³-hybridized carbons (Fsp3) is 0.476. The van der Waals surface area contributed by atoms with E-state index in [0.29, 0.717) is 26.1 Å². The zero-order valence-corrected chi connectivity index (χ0v) is 16.2. The highest BCUT2D eigenvalue weighted by molar-refractivity contribution is 5.85. The minimum atomic E-state index is -0.00554. The summed E-state index contributed by atoms with van der Waals surface area (Å²) in [7, 11) is 1.64. The van der Waals surface area contributed by atoms with Crippen LogP contribution in [0.25, 0.3) is 0 Å². The molecule has 1 aromatic carbocycles. The molecule has 1 atom stereocenters. The van der Waals surface area contributed by atoms with Crippen molar-refractivity contribution in [1.29, 1.82) is 0 Å². The summed E-state index contributed by atoms with van der Waals surface area (Å²) in [6.07, 6.45) is 5.18. The van der Waals surface area contributed by atoms with Crippen LogP contribution >= 0.6 is 0 Å². The SMILES string of the molecule is COc1ccc(C2CN(C(=O)CN3CCCCCC3=O)Cc3[nH]cnc32)cc1. The summed E-state index contributed by atoms with van der Waals surface area (Å²) in [4.78, 5) is 36.5. The standard InChI is InChI=1S/C21H26N4O3/c1-28-16-8-6-15(7-9-16)17-11-25(12-18-21(17)23-14-22-18)20(27)13-24-10-4-2-3-5-19(24)26/h6-9,14,17H,2-5,10-13H2,1H3,(H,22,23). The van der Waals surface area contributed by atoms with Crippen LogP contribution in [-0.2, 0) is 16.1 Å². The molecule has 2 aliphatic rings. The third-order valence-electron chi connectivity index (χ3n) is 5.70. The van der Waals surface area contributed by atoms with Crippen molar-refractivity contribution in [1.82, 2.24) is 19.8 Å². The summed E-state index contributed by atoms with van der Waals surface area (Å²) in [5.41, 5.74) is 3.04. The molecule has 1 unspecified atom stereocenters. The van der Waals surface area contributed by atoms with Crippen LogP contribution in [0, 0.1) is 0 Å². The lowest BCUT2D eigenvalue weighted by Gasteiger charge is -2.34. The zero-order valence-electron chi connectivity index (χ0n) is 16.2. The number of rotatable bonds is 4. The van der Waals surface area contributed by atoms with E-state index >= 15 is 0 Å². The summed E-state index contributed by atoms with van der Waals surface area (Å²) in [6.45, 7) is 1.90. The van der Waals surface area contributed by atoms with Gasteiger partial charge in [0, 0.05) is 25.4 Å². The van der Waals surface area contributed by atoms with Crippen molar-refractivity contribution in [2.45, 2.75) is 38.1 Å². The number of nitrogens with one attached hydrogen (secondary N) is 1. The van der Waals surface area contributed by atoms with E-state index in [9.17, 15) is 9.59 Å². The van der Waals surface area contributed by atoms with Gasteiger partial charge < -0.3 is 19.5 Å². The van der Waals surface area contributed by atoms with Crippen molar-refractivity contribution in [3.63, 3.8) is 0 Å². The van der Waals surface area contributed by atoms with E-state index in [1.807, 2.05) is 29.2 Å². The van der Waals surface area contributed by atoms with Gasteiger partial charge in [-0.25, -0.2) is 4.98 Å². The number of H-pyrrole nitrogens is 1. The first kappa shape index (κ1) is 18.5. The van der Waals surface area contributed by atoms with E-state index in [4.69, 9.17) is 4.74 Å². The highest BCUT2D eigenvalue weighted by Gasteiger charge is 2.32. The van der Waals surface area contributed by atoms with Gasteiger partial charge in [-0.05, 0) is 30.5 Å². The molecule has 2 aromatic rings. The molecule has 1 aromatic heterocycles. The number of aromatic nitrogens is 2. The Morgan fingerprint density at radius 2 is 2.07 bits per heavy atom. The predicted molar refractivity (Wildman–Crippen MR) is 104 cm³/mol. The van der Waals surface area contributed by atoms with E-state index in [1.54, 1.807) is 18.3 Å². The molecule has 148 valence electrons. The van der Waals surface area contributed by atoms with Crippen molar-refractivity contribution >= 4 is 11.8 Å². The van der Waals surface area contributed by atoms with Crippen molar-refractivity contribution in [3.05, 3.63) is 47.5 Å². The molecule has 7 heteroatoms. The normalized spacial score (nSPS) is 19.9.